The largest absolute Gasteiger partial charge is 0.412 e. The Hall–Kier alpha value is 0.177. The molecule has 0 aliphatic carbocycles. The summed E-state index contributed by atoms with van der Waals surface area (Å²) in [6.07, 6.45) is 0. The summed E-state index contributed by atoms with van der Waals surface area (Å²) < 4.78 is 5.84. The van der Waals surface area contributed by atoms with Crippen molar-refractivity contribution in [3.05, 3.63) is 0 Å². The van der Waals surface area contributed by atoms with E-state index in [0.717, 1.165) is 0 Å². The zero-order chi connectivity index (χ0) is 12.7. The molecule has 0 bridgehead atoms. The van der Waals surface area contributed by atoms with E-state index in [1.807, 2.05) is 0 Å². The Labute approximate surface area is 99.5 Å². The fourth-order valence-electron chi connectivity index (χ4n) is 3.83. The lowest BCUT2D eigenvalue weighted by molar-refractivity contribution is -0.181. The van der Waals surface area contributed by atoms with Gasteiger partial charge in [0.1, 0.15) is 0 Å². The average Bonchev–Trinajstić information content (AvgIpc) is 1.76. The van der Waals surface area contributed by atoms with Crippen LogP contribution in [0.2, 0.25) is 0 Å². The third kappa shape index (κ3) is 2.31. The molecule has 89 valence electrons. The van der Waals surface area contributed by atoms with Crippen LogP contribution >= 0.6 is 0 Å². The molecule has 15 heavy (non-hydrogen) atoms. The van der Waals surface area contributed by atoms with Crippen LogP contribution in [0.3, 0.4) is 0 Å². The first-order valence-electron chi connectivity index (χ1n) is 5.66. The van der Waals surface area contributed by atoms with E-state index in [1.165, 1.54) is 0 Å². The van der Waals surface area contributed by atoms with Gasteiger partial charge in [-0.15, -0.1) is 0 Å². The minimum atomic E-state index is -0.232. The van der Waals surface area contributed by atoms with E-state index in [0.29, 0.717) is 0 Å². The van der Waals surface area contributed by atoms with Crippen molar-refractivity contribution < 1.29 is 4.43 Å². The molecule has 0 aromatic heterocycles. The number of hydrogen-bond acceptors (Lipinski definition) is 1. The van der Waals surface area contributed by atoms with Gasteiger partial charge in [0.25, 0.3) is 0 Å². The summed E-state index contributed by atoms with van der Waals surface area (Å²) in [5.41, 5.74) is -0.0500. The summed E-state index contributed by atoms with van der Waals surface area (Å²) in [5.74, 6) is 0. The van der Waals surface area contributed by atoms with Gasteiger partial charge in [-0.05, 0) is 16.2 Å². The van der Waals surface area contributed by atoms with Gasteiger partial charge in [0.05, 0.1) is 5.60 Å². The average molecular weight is 227 g/mol. The van der Waals surface area contributed by atoms with Gasteiger partial charge in [-0.3, -0.25) is 0 Å². The van der Waals surface area contributed by atoms with Crippen LogP contribution in [-0.4, -0.2) is 16.1 Å². The molecule has 0 fully saturated rings. The highest BCUT2D eigenvalue weighted by atomic mass is 28.2. The molecular formula is C13H27OSi. The predicted octanol–water partition coefficient (Wildman–Crippen LogP) is 3.96. The molecule has 3 radical (unpaired) electrons. The molecule has 1 nitrogen and oxygen atoms in total. The summed E-state index contributed by atoms with van der Waals surface area (Å²) in [4.78, 5) is 0. The highest BCUT2D eigenvalue weighted by molar-refractivity contribution is 5.98. The quantitative estimate of drug-likeness (QED) is 0.616. The molecule has 0 aliphatic heterocycles. The van der Waals surface area contributed by atoms with Crippen LogP contribution in [0.5, 0.6) is 0 Å². The van der Waals surface area contributed by atoms with Gasteiger partial charge in [-0.2, -0.15) is 0 Å². The maximum atomic E-state index is 5.84. The summed E-state index contributed by atoms with van der Waals surface area (Å²) in [7, 11) is 3.33. The molecule has 0 aromatic rings. The van der Waals surface area contributed by atoms with Crippen LogP contribution in [-0.2, 0) is 4.43 Å². The highest BCUT2D eigenvalue weighted by Gasteiger charge is 2.57. The first-order valence-corrected chi connectivity index (χ1v) is 6.07. The monoisotopic (exact) mass is 227 g/mol. The van der Waals surface area contributed by atoms with E-state index >= 15 is 0 Å². The van der Waals surface area contributed by atoms with Gasteiger partial charge in [-0.1, -0.05) is 62.3 Å². The van der Waals surface area contributed by atoms with Crippen molar-refractivity contribution in [1.82, 2.24) is 0 Å². The lowest BCUT2D eigenvalue weighted by Gasteiger charge is -2.60. The number of hydrogen-bond donors (Lipinski definition) is 0. The fourth-order valence-corrected chi connectivity index (χ4v) is 4.75. The minimum absolute atomic E-state index is 0.0608. The van der Waals surface area contributed by atoms with E-state index < -0.39 is 0 Å². The van der Waals surface area contributed by atoms with Crippen LogP contribution in [0.4, 0.5) is 0 Å². The molecule has 0 saturated carbocycles. The summed E-state index contributed by atoms with van der Waals surface area (Å²) in [5, 5.41) is 0. The topological polar surface area (TPSA) is 9.23 Å². The lowest BCUT2D eigenvalue weighted by Crippen LogP contribution is -2.62. The van der Waals surface area contributed by atoms with Crippen LogP contribution in [0.25, 0.3) is 0 Å². The molecule has 0 saturated heterocycles. The second-order valence-electron chi connectivity index (χ2n) is 7.53. The molecule has 0 N–H and O–H groups in total. The Morgan fingerprint density at radius 1 is 0.600 bits per heavy atom. The number of rotatable bonds is 1. The minimum Gasteiger partial charge on any atom is -0.412 e. The van der Waals surface area contributed by atoms with E-state index in [-0.39, 0.29) is 21.8 Å². The van der Waals surface area contributed by atoms with Gasteiger partial charge in [0, 0.05) is 0 Å². The second kappa shape index (κ2) is 3.88. The molecule has 2 heteroatoms. The van der Waals surface area contributed by atoms with Crippen LogP contribution < -0.4 is 0 Å². The second-order valence-corrected chi connectivity index (χ2v) is 7.74. The van der Waals surface area contributed by atoms with Gasteiger partial charge < -0.3 is 4.43 Å². The molecule has 0 unspecified atom stereocenters. The Balaban J connectivity index is 5.78. The maximum Gasteiger partial charge on any atom is 0.247 e. The molecule has 0 heterocycles. The van der Waals surface area contributed by atoms with Crippen molar-refractivity contribution in [1.29, 1.82) is 0 Å². The van der Waals surface area contributed by atoms with Crippen molar-refractivity contribution in [3.8, 4) is 0 Å². The molecule has 0 spiro atoms. The van der Waals surface area contributed by atoms with E-state index in [9.17, 15) is 0 Å². The zero-order valence-corrected chi connectivity index (χ0v) is 12.9. The van der Waals surface area contributed by atoms with Crippen molar-refractivity contribution in [2.45, 2.75) is 67.9 Å². The first-order chi connectivity index (χ1) is 6.31. The van der Waals surface area contributed by atoms with E-state index in [1.54, 1.807) is 0 Å². The van der Waals surface area contributed by atoms with Crippen LogP contribution in [0.1, 0.15) is 62.3 Å². The highest BCUT2D eigenvalue weighted by Crippen LogP contribution is 2.55. The molecule has 0 aromatic carbocycles. The lowest BCUT2D eigenvalue weighted by atomic mass is 9.52. The SMILES string of the molecule is CC(C)(C)C(O[Si])(C(C)(C)C)C(C)(C)C. The smallest absolute Gasteiger partial charge is 0.247 e. The third-order valence-electron chi connectivity index (χ3n) is 3.32. The Bertz CT molecular complexity index is 176. The van der Waals surface area contributed by atoms with Crippen molar-refractivity contribution in [3.63, 3.8) is 0 Å². The van der Waals surface area contributed by atoms with Crippen molar-refractivity contribution in [2.24, 2.45) is 16.2 Å². The zero-order valence-electron chi connectivity index (χ0n) is 11.9. The van der Waals surface area contributed by atoms with Gasteiger partial charge in [-0.25, -0.2) is 0 Å². The van der Waals surface area contributed by atoms with E-state index in [2.05, 4.69) is 72.8 Å². The summed E-state index contributed by atoms with van der Waals surface area (Å²) in [6, 6.07) is 0. The maximum absolute atomic E-state index is 5.84. The normalized spacial score (nSPS) is 15.6. The molecule has 0 aliphatic rings. The predicted molar refractivity (Wildman–Crippen MR) is 67.9 cm³/mol. The van der Waals surface area contributed by atoms with Crippen LogP contribution in [0.15, 0.2) is 0 Å². The molecule has 0 rings (SSSR count). The molecular weight excluding hydrogens is 200 g/mol. The Kier molecular flexibility index (Phi) is 3.93. The molecule has 0 amide bonds. The summed E-state index contributed by atoms with van der Waals surface area (Å²) >= 11 is 0. The Morgan fingerprint density at radius 3 is 0.800 bits per heavy atom. The molecule has 0 atom stereocenters. The van der Waals surface area contributed by atoms with Gasteiger partial charge >= 0.3 is 0 Å². The van der Waals surface area contributed by atoms with Crippen molar-refractivity contribution >= 4 is 10.5 Å². The first kappa shape index (κ1) is 15.2. The van der Waals surface area contributed by atoms with Crippen LogP contribution in [0, 0.1) is 16.2 Å². The van der Waals surface area contributed by atoms with E-state index in [4.69, 9.17) is 4.43 Å². The summed E-state index contributed by atoms with van der Waals surface area (Å²) in [6.45, 7) is 20.2. The Morgan fingerprint density at radius 2 is 0.800 bits per heavy atom. The fraction of sp³-hybridized carbons (Fsp3) is 1.00. The van der Waals surface area contributed by atoms with Gasteiger partial charge in [0.15, 0.2) is 0 Å². The van der Waals surface area contributed by atoms with Gasteiger partial charge in [0.2, 0.25) is 10.5 Å². The third-order valence-corrected chi connectivity index (χ3v) is 3.63. The standard InChI is InChI=1S/C13H27OSi/c1-10(2,3)13(14-15,11(4,5)6)12(7,8)9/h1-9H3. The van der Waals surface area contributed by atoms with Crippen molar-refractivity contribution in [2.75, 3.05) is 0 Å².